The first-order valence-electron chi connectivity index (χ1n) is 8.06. The van der Waals surface area contributed by atoms with Gasteiger partial charge in [0.25, 0.3) is 0 Å². The number of carbonyl (C=O) groups excluding carboxylic acids is 1. The number of anilines is 2. The minimum atomic E-state index is -0.497. The Morgan fingerprint density at radius 2 is 1.91 bits per heavy atom. The maximum Gasteiger partial charge on any atom is 0.155 e. The Morgan fingerprint density at radius 1 is 1.13 bits per heavy atom. The Morgan fingerprint density at radius 3 is 2.70 bits per heavy atom. The maximum atomic E-state index is 12.3. The van der Waals surface area contributed by atoms with Gasteiger partial charge in [-0.3, -0.25) is 4.79 Å². The molecular formula is C19H19ClN2O. The molecule has 2 aliphatic rings. The van der Waals surface area contributed by atoms with Crippen LogP contribution in [0, 0.1) is 0 Å². The molecule has 0 radical (unpaired) electrons. The number of ketones is 1. The number of hydrogen-bond donors (Lipinski definition) is 1. The van der Waals surface area contributed by atoms with E-state index >= 15 is 0 Å². The lowest BCUT2D eigenvalue weighted by Gasteiger charge is -2.27. The molecule has 0 unspecified atom stereocenters. The topological polar surface area (TPSA) is 46.3 Å². The molecule has 0 aromatic heterocycles. The van der Waals surface area contributed by atoms with Crippen LogP contribution in [0.1, 0.15) is 29.9 Å². The highest BCUT2D eigenvalue weighted by Crippen LogP contribution is 2.42. The van der Waals surface area contributed by atoms with Crippen LogP contribution in [-0.4, -0.2) is 18.4 Å². The number of benzene rings is 2. The van der Waals surface area contributed by atoms with Gasteiger partial charge in [0.2, 0.25) is 0 Å². The van der Waals surface area contributed by atoms with E-state index in [0.29, 0.717) is 23.9 Å². The average Bonchev–Trinajstić information content (AvgIpc) is 3.39. The third-order valence-corrected chi connectivity index (χ3v) is 5.11. The third kappa shape index (κ3) is 2.75. The van der Waals surface area contributed by atoms with Gasteiger partial charge in [0.15, 0.2) is 5.78 Å². The number of nitrogens with zero attached hydrogens (tertiary/aromatic N) is 1. The molecule has 0 bridgehead atoms. The van der Waals surface area contributed by atoms with E-state index in [1.54, 1.807) is 0 Å². The number of nitrogens with two attached hydrogens (primary N) is 1. The van der Waals surface area contributed by atoms with Crippen LogP contribution in [0.5, 0.6) is 0 Å². The molecule has 2 aromatic rings. The smallest absolute Gasteiger partial charge is 0.155 e. The van der Waals surface area contributed by atoms with Crippen LogP contribution in [0.15, 0.2) is 42.5 Å². The van der Waals surface area contributed by atoms with Crippen LogP contribution in [0.25, 0.3) is 0 Å². The number of carbonyl (C=O) groups is 1. The van der Waals surface area contributed by atoms with E-state index in [-0.39, 0.29) is 5.78 Å². The van der Waals surface area contributed by atoms with E-state index in [2.05, 4.69) is 29.2 Å². The number of hydrogen-bond acceptors (Lipinski definition) is 3. The van der Waals surface area contributed by atoms with Gasteiger partial charge >= 0.3 is 0 Å². The lowest BCUT2D eigenvalue weighted by molar-refractivity contribution is -0.119. The highest BCUT2D eigenvalue weighted by Gasteiger charge is 2.29. The fourth-order valence-corrected chi connectivity index (χ4v) is 3.52. The van der Waals surface area contributed by atoms with Crippen molar-refractivity contribution < 1.29 is 4.79 Å². The monoisotopic (exact) mass is 326 g/mol. The van der Waals surface area contributed by atoms with Gasteiger partial charge in [0.1, 0.15) is 0 Å². The first kappa shape index (κ1) is 14.7. The normalized spacial score (nSPS) is 21.0. The number of fused-ring (bicyclic) bond motifs is 1. The fourth-order valence-electron chi connectivity index (χ4n) is 3.29. The first-order chi connectivity index (χ1) is 11.1. The lowest BCUT2D eigenvalue weighted by Crippen LogP contribution is -2.39. The highest BCUT2D eigenvalue weighted by molar-refractivity contribution is 6.32. The molecule has 1 aliphatic carbocycles. The van der Waals surface area contributed by atoms with Crippen molar-refractivity contribution in [3.63, 3.8) is 0 Å². The van der Waals surface area contributed by atoms with E-state index in [1.165, 1.54) is 18.4 Å². The van der Waals surface area contributed by atoms with Gasteiger partial charge < -0.3 is 10.6 Å². The molecule has 4 rings (SSSR count). The highest BCUT2D eigenvalue weighted by atomic mass is 35.5. The molecular weight excluding hydrogens is 308 g/mol. The van der Waals surface area contributed by atoms with Crippen molar-refractivity contribution in [2.24, 2.45) is 5.73 Å². The molecule has 4 heteroatoms. The molecule has 118 valence electrons. The van der Waals surface area contributed by atoms with Crippen LogP contribution in [0.2, 0.25) is 5.02 Å². The Labute approximate surface area is 141 Å². The Bertz CT molecular complexity index is 770. The molecule has 0 amide bonds. The minimum absolute atomic E-state index is 0.0418. The summed E-state index contributed by atoms with van der Waals surface area (Å²) < 4.78 is 0. The summed E-state index contributed by atoms with van der Waals surface area (Å²) >= 11 is 6.35. The Balaban J connectivity index is 1.82. The summed E-state index contributed by atoms with van der Waals surface area (Å²) in [7, 11) is 0. The summed E-state index contributed by atoms with van der Waals surface area (Å²) in [6.45, 7) is 0.486. The summed E-state index contributed by atoms with van der Waals surface area (Å²) in [6, 6.07) is 13.9. The van der Waals surface area contributed by atoms with Crippen LogP contribution in [0.4, 0.5) is 11.4 Å². The van der Waals surface area contributed by atoms with Crippen LogP contribution < -0.4 is 10.6 Å². The molecule has 1 aliphatic heterocycles. The van der Waals surface area contributed by atoms with Crippen molar-refractivity contribution in [2.75, 3.05) is 11.4 Å². The van der Waals surface area contributed by atoms with E-state index in [0.717, 1.165) is 16.9 Å². The van der Waals surface area contributed by atoms with Gasteiger partial charge in [-0.2, -0.15) is 0 Å². The maximum absolute atomic E-state index is 12.3. The number of Topliss-reactive ketones (excluding diaryl/α,β-unsaturated/α-hetero) is 1. The standard InChI is InChI=1S/C19H19ClN2O/c20-16-5-2-6-18-15(16)10-19(23)17(21)11-22(18)14-4-1-3-13(9-14)12-7-8-12/h1-6,9,12,17H,7-8,10-11,21H2/t17-/m0/s1. The van der Waals surface area contributed by atoms with E-state index in [9.17, 15) is 4.79 Å². The van der Waals surface area contributed by atoms with Crippen molar-refractivity contribution in [3.8, 4) is 0 Å². The minimum Gasteiger partial charge on any atom is -0.339 e. The van der Waals surface area contributed by atoms with Gasteiger partial charge in [0, 0.05) is 34.9 Å². The summed E-state index contributed by atoms with van der Waals surface area (Å²) in [5.41, 5.74) is 10.4. The first-order valence-corrected chi connectivity index (χ1v) is 8.44. The summed E-state index contributed by atoms with van der Waals surface area (Å²) in [4.78, 5) is 14.4. The molecule has 1 saturated carbocycles. The van der Waals surface area contributed by atoms with Crippen molar-refractivity contribution in [1.29, 1.82) is 0 Å². The second kappa shape index (κ2) is 5.66. The Kier molecular flexibility index (Phi) is 3.63. The molecule has 2 aromatic carbocycles. The quantitative estimate of drug-likeness (QED) is 0.913. The lowest BCUT2D eigenvalue weighted by atomic mass is 10.1. The molecule has 3 nitrogen and oxygen atoms in total. The van der Waals surface area contributed by atoms with Gasteiger partial charge in [-0.1, -0.05) is 29.8 Å². The summed E-state index contributed by atoms with van der Waals surface area (Å²) in [6.07, 6.45) is 2.84. The second-order valence-electron chi connectivity index (χ2n) is 6.47. The molecule has 23 heavy (non-hydrogen) atoms. The van der Waals surface area contributed by atoms with Gasteiger partial charge in [-0.25, -0.2) is 0 Å². The third-order valence-electron chi connectivity index (χ3n) is 4.76. The van der Waals surface area contributed by atoms with Crippen LogP contribution >= 0.6 is 11.6 Å². The molecule has 2 N–H and O–H groups in total. The number of rotatable bonds is 2. The molecule has 0 saturated heterocycles. The van der Waals surface area contributed by atoms with E-state index in [4.69, 9.17) is 17.3 Å². The zero-order valence-corrected chi connectivity index (χ0v) is 13.6. The fraction of sp³-hybridized carbons (Fsp3) is 0.316. The predicted octanol–water partition coefficient (Wildman–Crippen LogP) is 3.81. The van der Waals surface area contributed by atoms with Crippen LogP contribution in [0.3, 0.4) is 0 Å². The van der Waals surface area contributed by atoms with E-state index < -0.39 is 6.04 Å². The largest absolute Gasteiger partial charge is 0.339 e. The van der Waals surface area contributed by atoms with Crippen molar-refractivity contribution >= 4 is 28.8 Å². The molecule has 0 spiro atoms. The summed E-state index contributed by atoms with van der Waals surface area (Å²) in [5, 5.41) is 0.633. The summed E-state index contributed by atoms with van der Waals surface area (Å²) in [5.74, 6) is 0.733. The van der Waals surface area contributed by atoms with Crippen molar-refractivity contribution in [2.45, 2.75) is 31.2 Å². The van der Waals surface area contributed by atoms with E-state index in [1.807, 2.05) is 18.2 Å². The SMILES string of the molecule is N[C@H]1CN(c2cccc(C3CC3)c2)c2cccc(Cl)c2CC1=O. The van der Waals surface area contributed by atoms with Crippen LogP contribution in [-0.2, 0) is 11.2 Å². The second-order valence-corrected chi connectivity index (χ2v) is 6.87. The number of halogens is 1. The molecule has 1 atom stereocenters. The van der Waals surface area contributed by atoms with Crippen molar-refractivity contribution in [1.82, 2.24) is 0 Å². The van der Waals surface area contributed by atoms with Crippen molar-refractivity contribution in [3.05, 3.63) is 58.6 Å². The Hall–Kier alpha value is -1.84. The van der Waals surface area contributed by atoms with Gasteiger partial charge in [-0.15, -0.1) is 0 Å². The predicted molar refractivity (Wildman–Crippen MR) is 93.6 cm³/mol. The van der Waals surface area contributed by atoms with Gasteiger partial charge in [0.05, 0.1) is 6.04 Å². The molecule has 1 fully saturated rings. The van der Waals surface area contributed by atoms with Gasteiger partial charge in [-0.05, 0) is 48.6 Å². The zero-order chi connectivity index (χ0) is 16.0. The average molecular weight is 327 g/mol. The molecule has 1 heterocycles. The zero-order valence-electron chi connectivity index (χ0n) is 12.8.